The molecule has 0 heterocycles. The van der Waals surface area contributed by atoms with Crippen molar-refractivity contribution in [3.63, 3.8) is 0 Å². The maximum Gasteiger partial charge on any atom is 0.321 e. The fraction of sp³-hybridized carbons (Fsp3) is 1.00. The average Bonchev–Trinajstić information content (AvgIpc) is 2.01. The number of hydrogen-bond acceptors (Lipinski definition) is 3. The van der Waals surface area contributed by atoms with Crippen LogP contribution >= 0.6 is 0 Å². The van der Waals surface area contributed by atoms with Crippen LogP contribution in [0.1, 0.15) is 33.6 Å². The van der Waals surface area contributed by atoms with Gasteiger partial charge in [-0.3, -0.25) is 0 Å². The smallest absolute Gasteiger partial charge is 0.321 e. The predicted molar refractivity (Wildman–Crippen MR) is 55.1 cm³/mol. The van der Waals surface area contributed by atoms with Crippen molar-refractivity contribution in [1.82, 2.24) is 6.15 Å². The molecule has 0 aromatic heterocycles. The van der Waals surface area contributed by atoms with Gasteiger partial charge in [0.05, 0.1) is 0 Å². The second-order valence-electron chi connectivity index (χ2n) is 2.48. The summed E-state index contributed by atoms with van der Waals surface area (Å²) in [5.74, 6) is 0. The zero-order valence-electron chi connectivity index (χ0n) is 8.64. The summed E-state index contributed by atoms with van der Waals surface area (Å²) in [4.78, 5) is 0. The summed E-state index contributed by atoms with van der Waals surface area (Å²) < 4.78 is 11.0. The van der Waals surface area contributed by atoms with Gasteiger partial charge in [-0.15, -0.1) is 0 Å². The Hall–Kier alpha value is 0.0969. The van der Waals surface area contributed by atoms with Crippen LogP contribution in [0.25, 0.3) is 0 Å². The first-order valence-electron chi connectivity index (χ1n) is 4.58. The first kappa shape index (κ1) is 14.6. The highest BCUT2D eigenvalue weighted by Crippen LogP contribution is 2.03. The van der Waals surface area contributed by atoms with Crippen LogP contribution in [0.4, 0.5) is 0 Å². The molecule has 0 fully saturated rings. The van der Waals surface area contributed by atoms with Gasteiger partial charge < -0.3 is 15.0 Å². The molecule has 0 aromatic rings. The van der Waals surface area contributed by atoms with Gasteiger partial charge in [0, 0.05) is 13.2 Å². The van der Waals surface area contributed by atoms with Gasteiger partial charge in [0.1, 0.15) is 0 Å². The van der Waals surface area contributed by atoms with Crippen LogP contribution in [-0.4, -0.2) is 22.5 Å². The van der Waals surface area contributed by atoms with E-state index in [1.807, 2.05) is 13.8 Å². The van der Waals surface area contributed by atoms with Crippen molar-refractivity contribution in [3.05, 3.63) is 0 Å². The maximum atomic E-state index is 5.50. The molecule has 0 saturated carbocycles. The zero-order valence-corrected chi connectivity index (χ0v) is 9.79. The van der Waals surface area contributed by atoms with Crippen LogP contribution in [0, 0.1) is 0 Å². The third-order valence-electron chi connectivity index (χ3n) is 1.50. The standard InChI is InChI=1S/C8H20O2Si.H3N/c1-4-7-8-11(9-5-2)10-6-3;/h11H,4-8H2,1-3H3;1H3. The molecule has 0 aliphatic rings. The lowest BCUT2D eigenvalue weighted by molar-refractivity contribution is 0.213. The third-order valence-corrected chi connectivity index (χ3v) is 3.79. The molecule has 12 heavy (non-hydrogen) atoms. The van der Waals surface area contributed by atoms with Gasteiger partial charge in [-0.05, 0) is 19.9 Å². The van der Waals surface area contributed by atoms with E-state index in [1.165, 1.54) is 12.8 Å². The Morgan fingerprint density at radius 3 is 1.83 bits per heavy atom. The topological polar surface area (TPSA) is 53.5 Å². The van der Waals surface area contributed by atoms with Crippen molar-refractivity contribution in [2.75, 3.05) is 13.2 Å². The normalized spacial score (nSPS) is 10.0. The molecule has 0 spiro atoms. The Morgan fingerprint density at radius 2 is 1.50 bits per heavy atom. The van der Waals surface area contributed by atoms with E-state index in [0.29, 0.717) is 0 Å². The van der Waals surface area contributed by atoms with E-state index in [1.54, 1.807) is 0 Å². The minimum absolute atomic E-state index is 0. The van der Waals surface area contributed by atoms with Gasteiger partial charge in [0.15, 0.2) is 0 Å². The summed E-state index contributed by atoms with van der Waals surface area (Å²) in [7, 11) is -1.25. The van der Waals surface area contributed by atoms with Crippen molar-refractivity contribution in [2.45, 2.75) is 39.7 Å². The molecule has 0 amide bonds. The molecule has 0 aliphatic heterocycles. The highest BCUT2D eigenvalue weighted by Gasteiger charge is 2.09. The fourth-order valence-corrected chi connectivity index (χ4v) is 2.87. The quantitative estimate of drug-likeness (QED) is 0.631. The van der Waals surface area contributed by atoms with E-state index in [2.05, 4.69) is 6.92 Å². The van der Waals surface area contributed by atoms with E-state index in [9.17, 15) is 0 Å². The van der Waals surface area contributed by atoms with Crippen molar-refractivity contribution in [3.8, 4) is 0 Å². The summed E-state index contributed by atoms with van der Waals surface area (Å²) in [5.41, 5.74) is 0. The molecule has 76 valence electrons. The molecule has 0 atom stereocenters. The summed E-state index contributed by atoms with van der Waals surface area (Å²) in [5, 5.41) is 0. The summed E-state index contributed by atoms with van der Waals surface area (Å²) in [6, 6.07) is 1.16. The van der Waals surface area contributed by atoms with Crippen LogP contribution in [0.2, 0.25) is 6.04 Å². The van der Waals surface area contributed by atoms with E-state index in [0.717, 1.165) is 19.3 Å². The van der Waals surface area contributed by atoms with Crippen molar-refractivity contribution in [1.29, 1.82) is 0 Å². The van der Waals surface area contributed by atoms with Crippen LogP contribution in [0.3, 0.4) is 0 Å². The molecule has 0 unspecified atom stereocenters. The van der Waals surface area contributed by atoms with Crippen molar-refractivity contribution in [2.24, 2.45) is 0 Å². The molecule has 0 aliphatic carbocycles. The van der Waals surface area contributed by atoms with Gasteiger partial charge >= 0.3 is 9.28 Å². The van der Waals surface area contributed by atoms with Gasteiger partial charge in [0.2, 0.25) is 0 Å². The molecule has 0 aromatic carbocycles. The summed E-state index contributed by atoms with van der Waals surface area (Å²) in [6.45, 7) is 7.88. The molecular formula is C8H23NO2Si. The molecule has 0 radical (unpaired) electrons. The monoisotopic (exact) mass is 193 g/mol. The molecule has 3 N–H and O–H groups in total. The average molecular weight is 193 g/mol. The lowest BCUT2D eigenvalue weighted by atomic mass is 10.4. The maximum absolute atomic E-state index is 5.50. The molecule has 3 nitrogen and oxygen atoms in total. The Balaban J connectivity index is 0. The predicted octanol–water partition coefficient (Wildman–Crippen LogP) is 2.24. The molecular weight excluding hydrogens is 170 g/mol. The van der Waals surface area contributed by atoms with E-state index in [4.69, 9.17) is 8.85 Å². The van der Waals surface area contributed by atoms with Gasteiger partial charge in [0.25, 0.3) is 0 Å². The highest BCUT2D eigenvalue weighted by atomic mass is 28.3. The zero-order chi connectivity index (χ0) is 8.53. The Kier molecular flexibility index (Phi) is 13.5. The van der Waals surface area contributed by atoms with Gasteiger partial charge in [-0.1, -0.05) is 19.8 Å². The van der Waals surface area contributed by atoms with E-state index >= 15 is 0 Å². The molecule has 0 rings (SSSR count). The lowest BCUT2D eigenvalue weighted by Gasteiger charge is -2.13. The molecule has 0 saturated heterocycles. The third kappa shape index (κ3) is 8.20. The Morgan fingerprint density at radius 1 is 1.00 bits per heavy atom. The van der Waals surface area contributed by atoms with Crippen LogP contribution in [0.5, 0.6) is 0 Å². The van der Waals surface area contributed by atoms with E-state index < -0.39 is 9.28 Å². The van der Waals surface area contributed by atoms with Gasteiger partial charge in [-0.2, -0.15) is 0 Å². The lowest BCUT2D eigenvalue weighted by Crippen LogP contribution is -2.22. The van der Waals surface area contributed by atoms with Crippen LogP contribution in [-0.2, 0) is 8.85 Å². The Bertz CT molecular complexity index is 77.5. The first-order valence-corrected chi connectivity index (χ1v) is 6.34. The van der Waals surface area contributed by atoms with Crippen LogP contribution < -0.4 is 6.15 Å². The summed E-state index contributed by atoms with van der Waals surface area (Å²) in [6.07, 6.45) is 2.49. The largest absolute Gasteiger partial charge is 0.397 e. The summed E-state index contributed by atoms with van der Waals surface area (Å²) >= 11 is 0. The van der Waals surface area contributed by atoms with Crippen molar-refractivity contribution < 1.29 is 8.85 Å². The highest BCUT2D eigenvalue weighted by molar-refractivity contribution is 6.44. The molecule has 0 bridgehead atoms. The number of unbranched alkanes of at least 4 members (excludes halogenated alkanes) is 1. The minimum Gasteiger partial charge on any atom is -0.397 e. The second kappa shape index (κ2) is 11.1. The van der Waals surface area contributed by atoms with Crippen LogP contribution in [0.15, 0.2) is 0 Å². The Labute approximate surface area is 77.9 Å². The first-order chi connectivity index (χ1) is 5.35. The molecule has 4 heteroatoms. The second-order valence-corrected chi connectivity index (χ2v) is 4.59. The SMILES string of the molecule is CCCC[SiH](OCC)OCC.N. The number of hydrogen-bond donors (Lipinski definition) is 1. The van der Waals surface area contributed by atoms with E-state index in [-0.39, 0.29) is 6.15 Å². The minimum atomic E-state index is -1.25. The van der Waals surface area contributed by atoms with Gasteiger partial charge in [-0.25, -0.2) is 0 Å². The number of rotatable bonds is 7. The van der Waals surface area contributed by atoms with Crippen molar-refractivity contribution >= 4 is 9.28 Å². The fourth-order valence-electron chi connectivity index (χ4n) is 0.957.